The van der Waals surface area contributed by atoms with E-state index in [0.717, 1.165) is 12.1 Å². The van der Waals surface area contributed by atoms with Crippen LogP contribution in [0.15, 0.2) is 58.1 Å². The smallest absolute Gasteiger partial charge is 0.339 e. The first-order valence-corrected chi connectivity index (χ1v) is 10.6. The fourth-order valence-corrected chi connectivity index (χ4v) is 4.08. The average molecular weight is 474 g/mol. The molecule has 11 heteroatoms. The normalized spacial score (nSPS) is 14.4. The van der Waals surface area contributed by atoms with E-state index in [0.29, 0.717) is 10.9 Å². The molecule has 3 aromatic rings. The van der Waals surface area contributed by atoms with Gasteiger partial charge in [0.15, 0.2) is 0 Å². The van der Waals surface area contributed by atoms with E-state index >= 15 is 0 Å². The van der Waals surface area contributed by atoms with Crippen molar-refractivity contribution in [3.8, 4) is 0 Å². The topological polar surface area (TPSA) is 95.5 Å². The van der Waals surface area contributed by atoms with Gasteiger partial charge in [-0.25, -0.2) is 4.79 Å². The lowest BCUT2D eigenvalue weighted by atomic mass is 10.1. The number of benzene rings is 2. The molecule has 0 unspecified atom stereocenters. The maximum atomic E-state index is 13.2. The molecule has 1 fully saturated rings. The van der Waals surface area contributed by atoms with Crippen LogP contribution in [-0.2, 0) is 17.5 Å². The highest BCUT2D eigenvalue weighted by Crippen LogP contribution is 2.32. The van der Waals surface area contributed by atoms with E-state index in [4.69, 9.17) is 0 Å². The number of carbonyl (C=O) groups excluding carboxylic acids is 2. The number of fused-ring (bicyclic) bond motifs is 1. The molecule has 2 amide bonds. The number of aromatic nitrogens is 2. The third-order valence-corrected chi connectivity index (χ3v) is 5.84. The van der Waals surface area contributed by atoms with Crippen molar-refractivity contribution in [3.63, 3.8) is 0 Å². The lowest BCUT2D eigenvalue weighted by molar-refractivity contribution is -0.138. The SMILES string of the molecule is O=C(CCn1c(=O)[nH]c(=O)c2ccccc21)N1CCN(C(=O)c2ccccc2C(F)(F)F)CC1. The molecule has 8 nitrogen and oxygen atoms in total. The summed E-state index contributed by atoms with van der Waals surface area (Å²) in [6.07, 6.45) is -4.66. The number of alkyl halides is 3. The van der Waals surface area contributed by atoms with E-state index in [1.54, 1.807) is 24.3 Å². The second-order valence-electron chi connectivity index (χ2n) is 7.89. The van der Waals surface area contributed by atoms with Crippen molar-refractivity contribution in [2.45, 2.75) is 19.1 Å². The van der Waals surface area contributed by atoms with E-state index in [2.05, 4.69) is 4.98 Å². The van der Waals surface area contributed by atoms with Gasteiger partial charge in [0.05, 0.1) is 22.0 Å². The molecule has 1 saturated heterocycles. The Morgan fingerprint density at radius 1 is 0.882 bits per heavy atom. The van der Waals surface area contributed by atoms with Gasteiger partial charge in [-0.3, -0.25) is 23.9 Å². The summed E-state index contributed by atoms with van der Waals surface area (Å²) in [5.74, 6) is -0.990. The van der Waals surface area contributed by atoms with Crippen LogP contribution < -0.4 is 11.2 Å². The molecular formula is C23H21F3N4O4. The quantitative estimate of drug-likeness (QED) is 0.627. The number of aromatic amines is 1. The molecule has 178 valence electrons. The molecule has 0 aliphatic carbocycles. The van der Waals surface area contributed by atoms with Gasteiger partial charge in [-0.15, -0.1) is 0 Å². The standard InChI is InChI=1S/C23H21F3N4O4/c24-23(25,26)17-7-3-1-5-15(17)21(33)29-13-11-28(12-14-29)19(31)9-10-30-18-8-4-2-6-16(18)20(32)27-22(30)34/h1-8H,9-14H2,(H,27,32,34). The zero-order chi connectivity index (χ0) is 24.5. The third-order valence-electron chi connectivity index (χ3n) is 5.84. The number of carbonyl (C=O) groups is 2. The number of aryl methyl sites for hydroxylation is 1. The summed E-state index contributed by atoms with van der Waals surface area (Å²) < 4.78 is 41.1. The van der Waals surface area contributed by atoms with Crippen LogP contribution in [-0.4, -0.2) is 57.3 Å². The fraction of sp³-hybridized carbons (Fsp3) is 0.304. The molecular weight excluding hydrogens is 453 g/mol. The summed E-state index contributed by atoms with van der Waals surface area (Å²) in [4.78, 5) is 54.7. The van der Waals surface area contributed by atoms with Crippen molar-refractivity contribution in [2.24, 2.45) is 0 Å². The highest BCUT2D eigenvalue weighted by atomic mass is 19.4. The number of H-pyrrole nitrogens is 1. The number of hydrogen-bond donors (Lipinski definition) is 1. The molecule has 4 rings (SSSR count). The number of piperazine rings is 1. The average Bonchev–Trinajstić information content (AvgIpc) is 2.83. The number of amides is 2. The Labute approximate surface area is 191 Å². The molecule has 2 aromatic carbocycles. The van der Waals surface area contributed by atoms with Crippen molar-refractivity contribution >= 4 is 22.7 Å². The summed E-state index contributed by atoms with van der Waals surface area (Å²) in [7, 11) is 0. The van der Waals surface area contributed by atoms with Crippen molar-refractivity contribution in [1.29, 1.82) is 0 Å². The van der Waals surface area contributed by atoms with Crippen LogP contribution in [0.4, 0.5) is 13.2 Å². The molecule has 34 heavy (non-hydrogen) atoms. The Balaban J connectivity index is 1.40. The molecule has 1 aromatic heterocycles. The van der Waals surface area contributed by atoms with Crippen molar-refractivity contribution < 1.29 is 22.8 Å². The molecule has 0 spiro atoms. The van der Waals surface area contributed by atoms with Crippen molar-refractivity contribution in [3.05, 3.63) is 80.5 Å². The summed E-state index contributed by atoms with van der Waals surface area (Å²) in [5.41, 5.74) is -2.11. The molecule has 0 saturated carbocycles. The van der Waals surface area contributed by atoms with Gasteiger partial charge in [0.1, 0.15) is 0 Å². The van der Waals surface area contributed by atoms with E-state index in [1.165, 1.54) is 26.5 Å². The van der Waals surface area contributed by atoms with Gasteiger partial charge >= 0.3 is 11.9 Å². The maximum Gasteiger partial charge on any atom is 0.417 e. The van der Waals surface area contributed by atoms with Gasteiger partial charge < -0.3 is 9.80 Å². The zero-order valence-electron chi connectivity index (χ0n) is 18.0. The Morgan fingerprint density at radius 2 is 1.50 bits per heavy atom. The first-order valence-electron chi connectivity index (χ1n) is 10.6. The van der Waals surface area contributed by atoms with E-state index in [-0.39, 0.29) is 45.1 Å². The minimum Gasteiger partial charge on any atom is -0.339 e. The monoisotopic (exact) mass is 474 g/mol. The van der Waals surface area contributed by atoms with Gasteiger partial charge in [-0.2, -0.15) is 13.2 Å². The molecule has 0 bridgehead atoms. The van der Waals surface area contributed by atoms with Crippen molar-refractivity contribution in [2.75, 3.05) is 26.2 Å². The summed E-state index contributed by atoms with van der Waals surface area (Å²) >= 11 is 0. The lowest BCUT2D eigenvalue weighted by Gasteiger charge is -2.35. The number of hydrogen-bond acceptors (Lipinski definition) is 4. The Morgan fingerprint density at radius 3 is 2.21 bits per heavy atom. The van der Waals surface area contributed by atoms with E-state index in [9.17, 15) is 32.3 Å². The number of rotatable bonds is 4. The Kier molecular flexibility index (Phi) is 6.27. The molecule has 1 N–H and O–H groups in total. The first kappa shape index (κ1) is 23.3. The minimum absolute atomic E-state index is 0.0131. The van der Waals surface area contributed by atoms with Crippen LogP contribution in [0.3, 0.4) is 0 Å². The van der Waals surface area contributed by atoms with Gasteiger partial charge in [0, 0.05) is 39.1 Å². The molecule has 1 aliphatic rings. The highest BCUT2D eigenvalue weighted by molar-refractivity contribution is 5.96. The molecule has 2 heterocycles. The van der Waals surface area contributed by atoms with E-state index < -0.39 is 34.5 Å². The van der Waals surface area contributed by atoms with Crippen LogP contribution in [0.5, 0.6) is 0 Å². The Hall–Kier alpha value is -3.89. The summed E-state index contributed by atoms with van der Waals surface area (Å²) in [6.45, 7) is 0.573. The number of nitrogens with zero attached hydrogens (tertiary/aromatic N) is 3. The van der Waals surface area contributed by atoms with Crippen LogP contribution in [0.1, 0.15) is 22.3 Å². The largest absolute Gasteiger partial charge is 0.417 e. The van der Waals surface area contributed by atoms with Gasteiger partial charge in [0.25, 0.3) is 11.5 Å². The second kappa shape index (κ2) is 9.16. The second-order valence-corrected chi connectivity index (χ2v) is 7.89. The lowest BCUT2D eigenvalue weighted by Crippen LogP contribution is -2.51. The number of halogens is 3. The minimum atomic E-state index is -4.64. The third kappa shape index (κ3) is 4.59. The van der Waals surface area contributed by atoms with Crippen molar-refractivity contribution in [1.82, 2.24) is 19.4 Å². The first-order chi connectivity index (χ1) is 16.2. The number of nitrogens with one attached hydrogen (secondary N) is 1. The zero-order valence-corrected chi connectivity index (χ0v) is 18.0. The maximum absolute atomic E-state index is 13.2. The Bertz CT molecular complexity index is 1350. The van der Waals surface area contributed by atoms with E-state index in [1.807, 2.05) is 0 Å². The number of para-hydroxylation sites is 1. The predicted molar refractivity (Wildman–Crippen MR) is 117 cm³/mol. The highest BCUT2D eigenvalue weighted by Gasteiger charge is 2.36. The van der Waals surface area contributed by atoms with Crippen LogP contribution >= 0.6 is 0 Å². The summed E-state index contributed by atoms with van der Waals surface area (Å²) in [6, 6.07) is 11.2. The van der Waals surface area contributed by atoms with Gasteiger partial charge in [0.2, 0.25) is 5.91 Å². The molecule has 0 radical (unpaired) electrons. The molecule has 0 atom stereocenters. The van der Waals surface area contributed by atoms with Crippen LogP contribution in [0, 0.1) is 0 Å². The molecule has 1 aliphatic heterocycles. The summed E-state index contributed by atoms with van der Waals surface area (Å²) in [5, 5.41) is 0.334. The fourth-order valence-electron chi connectivity index (χ4n) is 4.08. The van der Waals surface area contributed by atoms with Gasteiger partial charge in [-0.05, 0) is 24.3 Å². The predicted octanol–water partition coefficient (Wildman–Crippen LogP) is 2.08. The van der Waals surface area contributed by atoms with Crippen LogP contribution in [0.2, 0.25) is 0 Å². The van der Waals surface area contributed by atoms with Crippen LogP contribution in [0.25, 0.3) is 10.9 Å². The van der Waals surface area contributed by atoms with Gasteiger partial charge in [-0.1, -0.05) is 24.3 Å².